The molecule has 0 radical (unpaired) electrons. The van der Waals surface area contributed by atoms with E-state index in [1.165, 1.54) is 11.6 Å². The zero-order chi connectivity index (χ0) is 14.8. The minimum absolute atomic E-state index is 0.817. The van der Waals surface area contributed by atoms with E-state index in [2.05, 4.69) is 9.88 Å². The van der Waals surface area contributed by atoms with Gasteiger partial charge >= 0.3 is 0 Å². The first kappa shape index (κ1) is 14.8. The van der Waals surface area contributed by atoms with Crippen molar-refractivity contribution in [2.24, 2.45) is 5.14 Å². The summed E-state index contributed by atoms with van der Waals surface area (Å²) < 4.78 is 21.9. The number of nitrogens with two attached hydrogens (primary N) is 1. The van der Waals surface area contributed by atoms with Crippen LogP contribution in [0.2, 0.25) is 0 Å². The van der Waals surface area contributed by atoms with E-state index in [0.29, 0.717) is 0 Å². The van der Waals surface area contributed by atoms with E-state index in [1.807, 2.05) is 38.5 Å². The van der Waals surface area contributed by atoms with E-state index in [-0.39, 0.29) is 0 Å². The maximum absolute atomic E-state index is 10.9. The zero-order valence-electron chi connectivity index (χ0n) is 11.6. The molecule has 1 heterocycles. The second kappa shape index (κ2) is 5.78. The van der Waals surface area contributed by atoms with Crippen LogP contribution in [-0.2, 0) is 16.4 Å². The Bertz CT molecular complexity index is 730. The molecule has 0 bridgehead atoms. The summed E-state index contributed by atoms with van der Waals surface area (Å²) in [4.78, 5) is 5.35. The molecule has 0 fully saturated rings. The van der Waals surface area contributed by atoms with Crippen LogP contribution in [0.1, 0.15) is 11.1 Å². The smallest absolute Gasteiger partial charge is 0.231 e. The first-order chi connectivity index (χ1) is 9.35. The fourth-order valence-corrected chi connectivity index (χ4v) is 2.37. The highest BCUT2D eigenvalue weighted by atomic mass is 32.2. The predicted octanol–water partition coefficient (Wildman–Crippen LogP) is 1.53. The normalized spacial score (nSPS) is 12.8. The van der Waals surface area contributed by atoms with Crippen molar-refractivity contribution in [1.82, 2.24) is 9.88 Å². The molecule has 108 valence electrons. The lowest BCUT2D eigenvalue weighted by Crippen LogP contribution is -2.14. The molecule has 0 amide bonds. The summed E-state index contributed by atoms with van der Waals surface area (Å²) in [7, 11) is 0.485. The van der Waals surface area contributed by atoms with Crippen molar-refractivity contribution in [2.45, 2.75) is 6.42 Å². The largest absolute Gasteiger partial charge is 0.361 e. The lowest BCUT2D eigenvalue weighted by Gasteiger charge is -2.08. The van der Waals surface area contributed by atoms with Gasteiger partial charge in [-0.15, -0.1) is 0 Å². The second-order valence-corrected chi connectivity index (χ2v) is 6.51. The highest BCUT2D eigenvalue weighted by Gasteiger charge is 2.05. The minimum Gasteiger partial charge on any atom is -0.361 e. The molecule has 1 aromatic heterocycles. The molecule has 2 aromatic rings. The number of nitrogens with one attached hydrogen (secondary N) is 1. The van der Waals surface area contributed by atoms with Gasteiger partial charge < -0.3 is 9.88 Å². The summed E-state index contributed by atoms with van der Waals surface area (Å²) in [6.07, 6.45) is 4.45. The van der Waals surface area contributed by atoms with Crippen LogP contribution in [0, 0.1) is 0 Å². The second-order valence-electron chi connectivity index (χ2n) is 5.06. The van der Waals surface area contributed by atoms with Gasteiger partial charge in [-0.05, 0) is 49.9 Å². The van der Waals surface area contributed by atoms with Crippen molar-refractivity contribution in [3.63, 3.8) is 0 Å². The molecule has 2 rings (SSSR count). The third kappa shape index (κ3) is 3.93. The molecular formula is C14H19N3O2S. The van der Waals surface area contributed by atoms with Gasteiger partial charge in [-0.3, -0.25) is 0 Å². The number of hydrogen-bond donors (Lipinski definition) is 2. The molecule has 0 aliphatic rings. The summed E-state index contributed by atoms with van der Waals surface area (Å²) in [6, 6.07) is 5.77. The Hall–Kier alpha value is -1.63. The first-order valence-electron chi connectivity index (χ1n) is 6.31. The van der Waals surface area contributed by atoms with Crippen molar-refractivity contribution in [1.29, 1.82) is 0 Å². The van der Waals surface area contributed by atoms with Gasteiger partial charge in [0.15, 0.2) is 0 Å². The van der Waals surface area contributed by atoms with Gasteiger partial charge in [0.05, 0.1) is 0 Å². The molecule has 0 aliphatic carbocycles. The fourth-order valence-electron chi connectivity index (χ4n) is 2.02. The highest BCUT2D eigenvalue weighted by Crippen LogP contribution is 2.21. The Morgan fingerprint density at radius 1 is 1.35 bits per heavy atom. The average Bonchev–Trinajstić information content (AvgIpc) is 2.75. The Labute approximate surface area is 119 Å². The van der Waals surface area contributed by atoms with Crippen LogP contribution >= 0.6 is 0 Å². The molecular weight excluding hydrogens is 274 g/mol. The predicted molar refractivity (Wildman–Crippen MR) is 82.7 cm³/mol. The van der Waals surface area contributed by atoms with Crippen molar-refractivity contribution in [2.75, 3.05) is 20.6 Å². The molecule has 3 N–H and O–H groups in total. The summed E-state index contributed by atoms with van der Waals surface area (Å²) in [6.45, 7) is 0.962. The average molecular weight is 293 g/mol. The lowest BCUT2D eigenvalue weighted by molar-refractivity contribution is 0.414. The maximum atomic E-state index is 10.9. The molecule has 0 aliphatic heterocycles. The van der Waals surface area contributed by atoms with Crippen LogP contribution < -0.4 is 5.14 Å². The quantitative estimate of drug-likeness (QED) is 0.877. The number of benzene rings is 1. The standard InChI is InChI=1S/C14H19N3O2S/c1-17(2)7-5-12-10-16-14-4-3-11(9-13(12)14)6-8-20(15,18)19/h3-4,6,8-10,16H,5,7H2,1-2H3,(H2,15,18,19)/b8-6+. The number of H-pyrrole nitrogens is 1. The summed E-state index contributed by atoms with van der Waals surface area (Å²) in [5.41, 5.74) is 3.09. The van der Waals surface area contributed by atoms with Gasteiger partial charge in [0.25, 0.3) is 0 Å². The van der Waals surface area contributed by atoms with Crippen molar-refractivity contribution in [3.8, 4) is 0 Å². The Balaban J connectivity index is 2.32. The molecule has 20 heavy (non-hydrogen) atoms. The molecule has 0 atom stereocenters. The number of fused-ring (bicyclic) bond motifs is 1. The van der Waals surface area contributed by atoms with Crippen LogP contribution in [0.15, 0.2) is 29.8 Å². The van der Waals surface area contributed by atoms with Crippen LogP contribution in [0.4, 0.5) is 0 Å². The molecule has 0 spiro atoms. The van der Waals surface area contributed by atoms with Crippen molar-refractivity contribution in [3.05, 3.63) is 40.9 Å². The summed E-state index contributed by atoms with van der Waals surface area (Å²) in [5.74, 6) is 0. The number of aromatic amines is 1. The third-order valence-electron chi connectivity index (χ3n) is 3.07. The van der Waals surface area contributed by atoms with E-state index in [0.717, 1.165) is 34.8 Å². The van der Waals surface area contributed by atoms with Gasteiger partial charge in [0.1, 0.15) is 0 Å². The van der Waals surface area contributed by atoms with Gasteiger partial charge in [0.2, 0.25) is 10.0 Å². The van der Waals surface area contributed by atoms with E-state index in [4.69, 9.17) is 5.14 Å². The summed E-state index contributed by atoms with van der Waals surface area (Å²) >= 11 is 0. The number of aromatic nitrogens is 1. The van der Waals surface area contributed by atoms with E-state index in [9.17, 15) is 8.42 Å². The highest BCUT2D eigenvalue weighted by molar-refractivity contribution is 7.92. The molecule has 0 saturated heterocycles. The Morgan fingerprint density at radius 3 is 2.75 bits per heavy atom. The van der Waals surface area contributed by atoms with Crippen LogP contribution in [-0.4, -0.2) is 38.9 Å². The number of hydrogen-bond acceptors (Lipinski definition) is 3. The zero-order valence-corrected chi connectivity index (χ0v) is 12.4. The van der Waals surface area contributed by atoms with Gasteiger partial charge in [-0.1, -0.05) is 6.07 Å². The molecule has 6 heteroatoms. The first-order valence-corrected chi connectivity index (χ1v) is 7.92. The Morgan fingerprint density at radius 2 is 2.10 bits per heavy atom. The van der Waals surface area contributed by atoms with E-state index >= 15 is 0 Å². The van der Waals surface area contributed by atoms with Crippen LogP contribution in [0.5, 0.6) is 0 Å². The van der Waals surface area contributed by atoms with Gasteiger partial charge in [0, 0.05) is 29.1 Å². The molecule has 1 aromatic carbocycles. The maximum Gasteiger partial charge on any atom is 0.231 e. The summed E-state index contributed by atoms with van der Waals surface area (Å²) in [5, 5.41) is 7.09. The minimum atomic E-state index is -3.59. The van der Waals surface area contributed by atoms with E-state index in [1.54, 1.807) is 0 Å². The number of rotatable bonds is 5. The molecule has 0 unspecified atom stereocenters. The monoisotopic (exact) mass is 293 g/mol. The van der Waals surface area contributed by atoms with Crippen LogP contribution in [0.25, 0.3) is 17.0 Å². The molecule has 0 saturated carbocycles. The number of likely N-dealkylation sites (N-methyl/N-ethyl adjacent to an activating group) is 1. The van der Waals surface area contributed by atoms with Crippen molar-refractivity contribution >= 4 is 27.0 Å². The lowest BCUT2D eigenvalue weighted by atomic mass is 10.1. The molecule has 5 nitrogen and oxygen atoms in total. The number of nitrogens with zero attached hydrogens (tertiary/aromatic N) is 1. The van der Waals surface area contributed by atoms with E-state index < -0.39 is 10.0 Å². The van der Waals surface area contributed by atoms with Crippen LogP contribution in [0.3, 0.4) is 0 Å². The van der Waals surface area contributed by atoms with Gasteiger partial charge in [-0.25, -0.2) is 13.6 Å². The number of primary sulfonamides is 1. The number of sulfonamides is 1. The van der Waals surface area contributed by atoms with Gasteiger partial charge in [-0.2, -0.15) is 0 Å². The SMILES string of the molecule is CN(C)CCc1c[nH]c2ccc(/C=C/S(N)(=O)=O)cc12. The fraction of sp³-hybridized carbons (Fsp3) is 0.286. The Kier molecular flexibility index (Phi) is 4.27. The van der Waals surface area contributed by atoms with Crippen molar-refractivity contribution < 1.29 is 8.42 Å². The topological polar surface area (TPSA) is 79.2 Å². The third-order valence-corrected chi connectivity index (χ3v) is 3.59.